The largest absolute Gasteiger partial charge is 0.478 e. The second kappa shape index (κ2) is 7.49. The summed E-state index contributed by atoms with van der Waals surface area (Å²) in [4.78, 5) is 10.2. The first-order chi connectivity index (χ1) is 9.79. The van der Waals surface area contributed by atoms with Crippen molar-refractivity contribution in [3.8, 4) is 6.07 Å². The van der Waals surface area contributed by atoms with Gasteiger partial charge in [-0.1, -0.05) is 15.9 Å². The van der Waals surface area contributed by atoms with E-state index in [0.717, 1.165) is 12.1 Å². The van der Waals surface area contributed by atoms with Crippen LogP contribution in [0.3, 0.4) is 0 Å². The Kier molecular flexibility index (Phi) is 6.26. The van der Waals surface area contributed by atoms with Gasteiger partial charge in [0.2, 0.25) is 10.0 Å². The fraction of sp³-hybridized carbons (Fsp3) is 0.333. The van der Waals surface area contributed by atoms with E-state index in [9.17, 15) is 17.6 Å². The second-order valence-electron chi connectivity index (χ2n) is 4.08. The fourth-order valence-corrected chi connectivity index (χ4v) is 3.33. The minimum Gasteiger partial charge on any atom is -0.478 e. The SMILES string of the molecule is N#CCCCCNS(=O)(=O)c1cc(Br)cc(C(=O)O)c1F. The molecule has 0 fully saturated rings. The molecule has 0 atom stereocenters. The molecule has 21 heavy (non-hydrogen) atoms. The fourth-order valence-electron chi connectivity index (χ4n) is 1.53. The molecule has 2 N–H and O–H groups in total. The van der Waals surface area contributed by atoms with Crippen LogP contribution in [-0.4, -0.2) is 26.0 Å². The van der Waals surface area contributed by atoms with Gasteiger partial charge < -0.3 is 5.11 Å². The van der Waals surface area contributed by atoms with Crippen LogP contribution in [0.4, 0.5) is 4.39 Å². The predicted molar refractivity (Wildman–Crippen MR) is 75.7 cm³/mol. The maximum Gasteiger partial charge on any atom is 0.338 e. The van der Waals surface area contributed by atoms with E-state index in [4.69, 9.17) is 10.4 Å². The number of hydrogen-bond donors (Lipinski definition) is 2. The van der Waals surface area contributed by atoms with Crippen molar-refractivity contribution in [3.05, 3.63) is 28.0 Å². The molecule has 6 nitrogen and oxygen atoms in total. The summed E-state index contributed by atoms with van der Waals surface area (Å²) in [7, 11) is -4.16. The Morgan fingerprint density at radius 3 is 2.67 bits per heavy atom. The lowest BCUT2D eigenvalue weighted by atomic mass is 10.2. The highest BCUT2D eigenvalue weighted by molar-refractivity contribution is 9.10. The highest BCUT2D eigenvalue weighted by Gasteiger charge is 2.24. The quantitative estimate of drug-likeness (QED) is 0.707. The molecule has 0 radical (unpaired) electrons. The van der Waals surface area contributed by atoms with Crippen molar-refractivity contribution in [2.24, 2.45) is 0 Å². The Labute approximate surface area is 129 Å². The molecule has 0 saturated heterocycles. The summed E-state index contributed by atoms with van der Waals surface area (Å²) in [5.74, 6) is -2.87. The zero-order chi connectivity index (χ0) is 16.0. The number of carboxylic acid groups (broad SMARTS) is 1. The number of hydrogen-bond acceptors (Lipinski definition) is 4. The van der Waals surface area contributed by atoms with Crippen molar-refractivity contribution < 1.29 is 22.7 Å². The lowest BCUT2D eigenvalue weighted by Gasteiger charge is -2.09. The lowest BCUT2D eigenvalue weighted by Crippen LogP contribution is -2.26. The molecule has 0 heterocycles. The van der Waals surface area contributed by atoms with Crippen molar-refractivity contribution in [1.82, 2.24) is 4.72 Å². The summed E-state index contributed by atoms with van der Waals surface area (Å²) in [5.41, 5.74) is -0.728. The predicted octanol–water partition coefficient (Wildman–Crippen LogP) is 2.26. The number of aromatic carboxylic acids is 1. The van der Waals surface area contributed by atoms with Crippen molar-refractivity contribution in [2.45, 2.75) is 24.2 Å². The number of rotatable bonds is 7. The van der Waals surface area contributed by atoms with Gasteiger partial charge in [-0.05, 0) is 25.0 Å². The molecule has 0 aliphatic carbocycles. The van der Waals surface area contributed by atoms with Gasteiger partial charge in [-0.3, -0.25) is 0 Å². The molecule has 1 aromatic carbocycles. The monoisotopic (exact) mass is 378 g/mol. The smallest absolute Gasteiger partial charge is 0.338 e. The maximum atomic E-state index is 14.0. The summed E-state index contributed by atoms with van der Waals surface area (Å²) >= 11 is 2.95. The first-order valence-corrected chi connectivity index (χ1v) is 8.16. The molecule has 0 aliphatic rings. The average Bonchev–Trinajstić information content (AvgIpc) is 2.40. The summed E-state index contributed by atoms with van der Waals surface area (Å²) in [6, 6.07) is 3.91. The van der Waals surface area contributed by atoms with Gasteiger partial charge in [-0.15, -0.1) is 0 Å². The van der Waals surface area contributed by atoms with Gasteiger partial charge in [0.1, 0.15) is 4.90 Å². The van der Waals surface area contributed by atoms with Crippen LogP contribution in [0.15, 0.2) is 21.5 Å². The lowest BCUT2D eigenvalue weighted by molar-refractivity contribution is 0.0691. The van der Waals surface area contributed by atoms with Crippen LogP contribution in [-0.2, 0) is 10.0 Å². The number of benzene rings is 1. The molecule has 1 aromatic rings. The first-order valence-electron chi connectivity index (χ1n) is 5.88. The molecule has 0 aliphatic heterocycles. The minimum absolute atomic E-state index is 0.0401. The number of nitrogens with zero attached hydrogens (tertiary/aromatic N) is 1. The number of sulfonamides is 1. The highest BCUT2D eigenvalue weighted by Crippen LogP contribution is 2.24. The Balaban J connectivity index is 2.98. The van der Waals surface area contributed by atoms with Crippen molar-refractivity contribution in [2.75, 3.05) is 6.54 Å². The molecule has 114 valence electrons. The van der Waals surface area contributed by atoms with Gasteiger partial charge in [0.25, 0.3) is 0 Å². The third kappa shape index (κ3) is 4.77. The Morgan fingerprint density at radius 1 is 1.43 bits per heavy atom. The molecule has 0 spiro atoms. The highest BCUT2D eigenvalue weighted by atomic mass is 79.9. The molecule has 0 amide bonds. The van der Waals surface area contributed by atoms with Crippen LogP contribution in [0.25, 0.3) is 0 Å². The van der Waals surface area contributed by atoms with E-state index < -0.39 is 32.3 Å². The summed E-state index contributed by atoms with van der Waals surface area (Å²) < 4.78 is 40.3. The Hall–Kier alpha value is -1.50. The van der Waals surface area contributed by atoms with Crippen LogP contribution in [0.5, 0.6) is 0 Å². The van der Waals surface area contributed by atoms with Gasteiger partial charge in [-0.25, -0.2) is 22.3 Å². The van der Waals surface area contributed by atoms with Gasteiger partial charge in [-0.2, -0.15) is 5.26 Å². The summed E-state index contributed by atoms with van der Waals surface area (Å²) in [5, 5.41) is 17.2. The van der Waals surface area contributed by atoms with Crippen molar-refractivity contribution in [3.63, 3.8) is 0 Å². The van der Waals surface area contributed by atoms with Crippen LogP contribution in [0.1, 0.15) is 29.6 Å². The van der Waals surface area contributed by atoms with Gasteiger partial charge in [0, 0.05) is 17.4 Å². The minimum atomic E-state index is -4.16. The Morgan fingerprint density at radius 2 is 2.10 bits per heavy atom. The average molecular weight is 379 g/mol. The number of unbranched alkanes of at least 4 members (excludes halogenated alkanes) is 2. The van der Waals surface area contributed by atoms with Crippen LogP contribution in [0.2, 0.25) is 0 Å². The van der Waals surface area contributed by atoms with E-state index in [0.29, 0.717) is 19.3 Å². The number of nitriles is 1. The topological polar surface area (TPSA) is 107 Å². The summed E-state index contributed by atoms with van der Waals surface area (Å²) in [6.45, 7) is 0.0401. The van der Waals surface area contributed by atoms with Crippen molar-refractivity contribution >= 4 is 31.9 Å². The molecule has 1 rings (SSSR count). The van der Waals surface area contributed by atoms with E-state index in [1.54, 1.807) is 0 Å². The first kappa shape index (κ1) is 17.6. The molecule has 0 unspecified atom stereocenters. The van der Waals surface area contributed by atoms with Crippen molar-refractivity contribution in [1.29, 1.82) is 5.26 Å². The van der Waals surface area contributed by atoms with Crippen LogP contribution < -0.4 is 4.72 Å². The number of carboxylic acids is 1. The molecule has 9 heteroatoms. The van der Waals surface area contributed by atoms with Gasteiger partial charge >= 0.3 is 5.97 Å². The Bertz CT molecular complexity index is 685. The summed E-state index contributed by atoms with van der Waals surface area (Å²) in [6.07, 6.45) is 1.24. The normalized spacial score (nSPS) is 11.1. The third-order valence-corrected chi connectivity index (χ3v) is 4.45. The molecule has 0 bridgehead atoms. The zero-order valence-electron chi connectivity index (χ0n) is 10.8. The van der Waals surface area contributed by atoms with E-state index >= 15 is 0 Å². The van der Waals surface area contributed by atoms with E-state index in [-0.39, 0.29) is 11.0 Å². The molecule has 0 saturated carbocycles. The van der Waals surface area contributed by atoms with Crippen LogP contribution in [0, 0.1) is 17.1 Å². The van der Waals surface area contributed by atoms with E-state index in [1.807, 2.05) is 6.07 Å². The molecular formula is C12H12BrFN2O4S. The zero-order valence-corrected chi connectivity index (χ0v) is 13.2. The van der Waals surface area contributed by atoms with E-state index in [1.165, 1.54) is 0 Å². The number of halogens is 2. The third-order valence-electron chi connectivity index (χ3n) is 2.53. The van der Waals surface area contributed by atoms with E-state index in [2.05, 4.69) is 20.7 Å². The van der Waals surface area contributed by atoms with Crippen LogP contribution >= 0.6 is 15.9 Å². The molecular weight excluding hydrogens is 367 g/mol. The number of carbonyl (C=O) groups is 1. The van der Waals surface area contributed by atoms with Gasteiger partial charge in [0.15, 0.2) is 5.82 Å². The number of nitrogens with one attached hydrogen (secondary N) is 1. The van der Waals surface area contributed by atoms with Gasteiger partial charge in [0.05, 0.1) is 11.6 Å². The second-order valence-corrected chi connectivity index (χ2v) is 6.73. The maximum absolute atomic E-state index is 14.0. The molecule has 0 aromatic heterocycles. The standard InChI is InChI=1S/C12H12BrFN2O4S/c13-8-6-9(12(17)18)11(14)10(7-8)21(19,20)16-5-3-1-2-4-15/h6-7,16H,1-3,5H2,(H,17,18).